The zero-order valence-corrected chi connectivity index (χ0v) is 11.2. The van der Waals surface area contributed by atoms with Crippen LogP contribution in [-0.4, -0.2) is 5.54 Å². The lowest BCUT2D eigenvalue weighted by Gasteiger charge is -2.66. The van der Waals surface area contributed by atoms with Gasteiger partial charge in [0.2, 0.25) is 0 Å². The molecule has 1 nitrogen and oxygen atoms in total. The predicted octanol–water partition coefficient (Wildman–Crippen LogP) is 3.72. The molecule has 0 amide bonds. The molecule has 1 heteroatoms. The summed E-state index contributed by atoms with van der Waals surface area (Å²) in [5.74, 6) is 2.01. The Morgan fingerprint density at radius 1 is 1.12 bits per heavy atom. The fraction of sp³-hybridized carbons (Fsp3) is 1.00. The second-order valence-electron chi connectivity index (χ2n) is 7.82. The molecule has 0 aliphatic heterocycles. The van der Waals surface area contributed by atoms with Crippen LogP contribution in [0.1, 0.15) is 65.7 Å². The highest BCUT2D eigenvalue weighted by atomic mass is 14.8. The van der Waals surface area contributed by atoms with E-state index in [9.17, 15) is 0 Å². The van der Waals surface area contributed by atoms with Crippen molar-refractivity contribution in [2.45, 2.75) is 71.3 Å². The summed E-state index contributed by atoms with van der Waals surface area (Å²) in [6, 6.07) is 0. The fourth-order valence-electron chi connectivity index (χ4n) is 5.62. The summed E-state index contributed by atoms with van der Waals surface area (Å²) >= 11 is 0. The molecule has 0 radical (unpaired) electrons. The minimum absolute atomic E-state index is 0.0329. The van der Waals surface area contributed by atoms with Gasteiger partial charge in [-0.2, -0.15) is 0 Å². The lowest BCUT2D eigenvalue weighted by molar-refractivity contribution is -0.138. The van der Waals surface area contributed by atoms with E-state index in [0.717, 1.165) is 11.8 Å². The lowest BCUT2D eigenvalue weighted by atomic mass is 9.40. The van der Waals surface area contributed by atoms with Crippen LogP contribution in [0.4, 0.5) is 0 Å². The van der Waals surface area contributed by atoms with Crippen molar-refractivity contribution in [2.24, 2.45) is 28.4 Å². The average molecular weight is 221 g/mol. The van der Waals surface area contributed by atoms with Gasteiger partial charge in [-0.3, -0.25) is 0 Å². The van der Waals surface area contributed by atoms with Gasteiger partial charge in [0, 0.05) is 5.54 Å². The summed E-state index contributed by atoms with van der Waals surface area (Å²) in [5.41, 5.74) is 7.74. The Bertz CT molecular complexity index is 285. The smallest absolute Gasteiger partial charge is 0.0154 e. The summed E-state index contributed by atoms with van der Waals surface area (Å²) in [7, 11) is 0. The van der Waals surface area contributed by atoms with Crippen LogP contribution in [0.3, 0.4) is 0 Å². The summed E-state index contributed by atoms with van der Waals surface area (Å²) < 4.78 is 0. The Labute approximate surface area is 100 Å². The highest BCUT2D eigenvalue weighted by Gasteiger charge is 2.60. The Kier molecular flexibility index (Phi) is 2.11. The second kappa shape index (κ2) is 3.04. The van der Waals surface area contributed by atoms with Crippen LogP contribution in [-0.2, 0) is 0 Å². The van der Waals surface area contributed by atoms with Crippen molar-refractivity contribution in [1.82, 2.24) is 0 Å². The van der Waals surface area contributed by atoms with Crippen molar-refractivity contribution in [3.63, 3.8) is 0 Å². The highest BCUT2D eigenvalue weighted by Crippen LogP contribution is 2.68. The first kappa shape index (κ1) is 11.1. The normalized spacial score (nSPS) is 51.0. The van der Waals surface area contributed by atoms with Gasteiger partial charge in [0.25, 0.3) is 0 Å². The van der Waals surface area contributed by atoms with Gasteiger partial charge in [-0.05, 0) is 75.0 Å². The molecule has 16 heavy (non-hydrogen) atoms. The number of nitrogens with two attached hydrogens (primary N) is 1. The van der Waals surface area contributed by atoms with Crippen molar-refractivity contribution < 1.29 is 0 Å². The van der Waals surface area contributed by atoms with Crippen molar-refractivity contribution in [3.05, 3.63) is 0 Å². The Balaban J connectivity index is 1.99. The number of hydrogen-bond acceptors (Lipinski definition) is 1. The van der Waals surface area contributed by atoms with Gasteiger partial charge in [-0.1, -0.05) is 13.3 Å². The van der Waals surface area contributed by atoms with Crippen LogP contribution in [0.5, 0.6) is 0 Å². The van der Waals surface area contributed by atoms with E-state index >= 15 is 0 Å². The average Bonchev–Trinajstić information content (AvgIpc) is 2.14. The molecule has 4 aliphatic rings. The SMILES string of the molecule is CCC12CC3CC(C1)CC(C(C)(C)N)(C3)C2. The maximum absolute atomic E-state index is 6.55. The standard InChI is InChI=1S/C15H27N/c1-4-14-6-11-5-12(7-14)9-15(8-11,10-14)13(2,3)16/h11-12H,4-10,16H2,1-3H3. The molecule has 0 aromatic rings. The van der Waals surface area contributed by atoms with E-state index < -0.39 is 0 Å². The van der Waals surface area contributed by atoms with Gasteiger partial charge < -0.3 is 5.73 Å². The molecule has 4 rings (SSSR count). The van der Waals surface area contributed by atoms with Crippen LogP contribution < -0.4 is 5.73 Å². The molecule has 4 saturated carbocycles. The third-order valence-electron chi connectivity index (χ3n) is 6.30. The van der Waals surface area contributed by atoms with Crippen LogP contribution in [0.15, 0.2) is 0 Å². The molecule has 0 aromatic carbocycles. The van der Waals surface area contributed by atoms with E-state index in [2.05, 4.69) is 20.8 Å². The summed E-state index contributed by atoms with van der Waals surface area (Å²) in [6.45, 7) is 6.97. The first-order chi connectivity index (χ1) is 7.38. The molecule has 0 aromatic heterocycles. The van der Waals surface area contributed by atoms with Crippen molar-refractivity contribution >= 4 is 0 Å². The highest BCUT2D eigenvalue weighted by molar-refractivity contribution is 5.13. The molecule has 4 fully saturated rings. The zero-order chi connectivity index (χ0) is 11.6. The number of hydrogen-bond donors (Lipinski definition) is 1. The van der Waals surface area contributed by atoms with Crippen LogP contribution in [0.25, 0.3) is 0 Å². The van der Waals surface area contributed by atoms with Gasteiger partial charge in [-0.25, -0.2) is 0 Å². The quantitative estimate of drug-likeness (QED) is 0.755. The first-order valence-corrected chi connectivity index (χ1v) is 7.17. The van der Waals surface area contributed by atoms with Crippen LogP contribution >= 0.6 is 0 Å². The Morgan fingerprint density at radius 3 is 2.12 bits per heavy atom. The predicted molar refractivity (Wildman–Crippen MR) is 68.1 cm³/mol. The van der Waals surface area contributed by atoms with Crippen molar-refractivity contribution in [2.75, 3.05) is 0 Å². The third-order valence-corrected chi connectivity index (χ3v) is 6.30. The van der Waals surface area contributed by atoms with E-state index in [4.69, 9.17) is 5.73 Å². The molecule has 2 unspecified atom stereocenters. The van der Waals surface area contributed by atoms with E-state index in [1.807, 2.05) is 0 Å². The molecule has 2 N–H and O–H groups in total. The van der Waals surface area contributed by atoms with Gasteiger partial charge in [0.1, 0.15) is 0 Å². The van der Waals surface area contributed by atoms with Gasteiger partial charge in [0.05, 0.1) is 0 Å². The first-order valence-electron chi connectivity index (χ1n) is 7.17. The van der Waals surface area contributed by atoms with Crippen molar-refractivity contribution in [3.8, 4) is 0 Å². The summed E-state index contributed by atoms with van der Waals surface area (Å²) in [5, 5.41) is 0. The molecule has 4 aliphatic carbocycles. The third kappa shape index (κ3) is 1.33. The molecule has 4 bridgehead atoms. The molecule has 92 valence electrons. The van der Waals surface area contributed by atoms with E-state index in [0.29, 0.717) is 10.8 Å². The topological polar surface area (TPSA) is 26.0 Å². The monoisotopic (exact) mass is 221 g/mol. The lowest BCUT2D eigenvalue weighted by Crippen LogP contribution is -2.62. The Morgan fingerprint density at radius 2 is 1.69 bits per heavy atom. The summed E-state index contributed by atoms with van der Waals surface area (Å²) in [4.78, 5) is 0. The van der Waals surface area contributed by atoms with Gasteiger partial charge in [-0.15, -0.1) is 0 Å². The van der Waals surface area contributed by atoms with Gasteiger partial charge in [0.15, 0.2) is 0 Å². The van der Waals surface area contributed by atoms with E-state index in [1.165, 1.54) is 44.9 Å². The maximum atomic E-state index is 6.55. The summed E-state index contributed by atoms with van der Waals surface area (Å²) in [6.07, 6.45) is 10.2. The Hall–Kier alpha value is -0.0400. The molecule has 0 spiro atoms. The van der Waals surface area contributed by atoms with E-state index in [-0.39, 0.29) is 5.54 Å². The molecular weight excluding hydrogens is 194 g/mol. The van der Waals surface area contributed by atoms with Gasteiger partial charge >= 0.3 is 0 Å². The largest absolute Gasteiger partial charge is 0.325 e. The molecule has 0 heterocycles. The number of rotatable bonds is 2. The zero-order valence-electron chi connectivity index (χ0n) is 11.2. The van der Waals surface area contributed by atoms with Crippen LogP contribution in [0, 0.1) is 22.7 Å². The minimum atomic E-state index is 0.0329. The maximum Gasteiger partial charge on any atom is 0.0154 e. The van der Waals surface area contributed by atoms with E-state index in [1.54, 1.807) is 0 Å². The van der Waals surface area contributed by atoms with Crippen molar-refractivity contribution in [1.29, 1.82) is 0 Å². The molecular formula is C15H27N. The minimum Gasteiger partial charge on any atom is -0.325 e. The molecule has 2 atom stereocenters. The van der Waals surface area contributed by atoms with Crippen LogP contribution in [0.2, 0.25) is 0 Å². The second-order valence-corrected chi connectivity index (χ2v) is 7.82. The fourth-order valence-corrected chi connectivity index (χ4v) is 5.62. The molecule has 0 saturated heterocycles.